The Labute approximate surface area is 184 Å². The quantitative estimate of drug-likeness (QED) is 0.371. The molecule has 0 N–H and O–H groups in total. The van der Waals surface area contributed by atoms with Crippen LogP contribution < -0.4 is 0 Å². The second kappa shape index (κ2) is 10.6. The van der Waals surface area contributed by atoms with E-state index in [4.69, 9.17) is 0 Å². The zero-order valence-electron chi connectivity index (χ0n) is 18.0. The van der Waals surface area contributed by atoms with Gasteiger partial charge in [-0.15, -0.1) is 11.8 Å². The van der Waals surface area contributed by atoms with Gasteiger partial charge in [0.2, 0.25) is 5.91 Å². The summed E-state index contributed by atoms with van der Waals surface area (Å²) in [7, 11) is 0. The van der Waals surface area contributed by atoms with Crippen LogP contribution in [0.15, 0.2) is 65.6 Å². The lowest BCUT2D eigenvalue weighted by molar-refractivity contribution is -0.127. The molecule has 0 aliphatic carbocycles. The lowest BCUT2D eigenvalue weighted by Gasteiger charge is -2.37. The molecule has 5 heteroatoms. The van der Waals surface area contributed by atoms with Gasteiger partial charge in [-0.2, -0.15) is 0 Å². The molecular weight excluding hydrogens is 392 g/mol. The molecule has 0 bridgehead atoms. The summed E-state index contributed by atoms with van der Waals surface area (Å²) >= 11 is 1.80. The molecule has 1 saturated heterocycles. The topological polar surface area (TPSA) is 40.6 Å². The molecule has 4 nitrogen and oxygen atoms in total. The second-order valence-electron chi connectivity index (χ2n) is 7.84. The standard InChI is InChI=1S/C25H30N2O2S/c1-19(2)30-23-12-10-22(11-13-23)25(29)20(3)26-15-17-27(18-16-26)24(28)14-9-21-7-5-4-6-8-21/h4-14,19-20H,15-18H2,1-3H3/b14-9+. The zero-order valence-corrected chi connectivity index (χ0v) is 18.8. The van der Waals surface area contributed by atoms with Crippen molar-refractivity contribution in [1.82, 2.24) is 9.80 Å². The number of rotatable bonds is 7. The average molecular weight is 423 g/mol. The first-order valence-electron chi connectivity index (χ1n) is 10.5. The van der Waals surface area contributed by atoms with Crippen LogP contribution in [0.5, 0.6) is 0 Å². The van der Waals surface area contributed by atoms with Gasteiger partial charge in [-0.3, -0.25) is 14.5 Å². The summed E-state index contributed by atoms with van der Waals surface area (Å²) in [5.74, 6) is 0.163. The van der Waals surface area contributed by atoms with E-state index in [9.17, 15) is 9.59 Å². The maximum Gasteiger partial charge on any atom is 0.246 e. The third-order valence-corrected chi connectivity index (χ3v) is 6.30. The minimum Gasteiger partial charge on any atom is -0.337 e. The first-order chi connectivity index (χ1) is 14.4. The maximum absolute atomic E-state index is 12.9. The van der Waals surface area contributed by atoms with Gasteiger partial charge < -0.3 is 4.90 Å². The van der Waals surface area contributed by atoms with Gasteiger partial charge in [0.05, 0.1) is 6.04 Å². The second-order valence-corrected chi connectivity index (χ2v) is 9.49. The first-order valence-corrected chi connectivity index (χ1v) is 11.4. The summed E-state index contributed by atoms with van der Waals surface area (Å²) in [5, 5.41) is 0.520. The lowest BCUT2D eigenvalue weighted by atomic mass is 10.0. The van der Waals surface area contributed by atoms with Gasteiger partial charge in [-0.05, 0) is 30.7 Å². The number of thioether (sulfide) groups is 1. The molecule has 158 valence electrons. The Balaban J connectivity index is 1.52. The highest BCUT2D eigenvalue weighted by Gasteiger charge is 2.27. The van der Waals surface area contributed by atoms with Crippen molar-refractivity contribution in [2.75, 3.05) is 26.2 Å². The molecule has 1 fully saturated rings. The Kier molecular flexibility index (Phi) is 7.88. The number of ketones is 1. The number of hydrogen-bond donors (Lipinski definition) is 0. The van der Waals surface area contributed by atoms with E-state index in [2.05, 4.69) is 18.7 Å². The SMILES string of the molecule is CC(C)Sc1ccc(C(=O)C(C)N2CCN(C(=O)/C=C/c3ccccc3)CC2)cc1. The van der Waals surface area contributed by atoms with Gasteiger partial charge in [0.1, 0.15) is 0 Å². The van der Waals surface area contributed by atoms with E-state index < -0.39 is 0 Å². The molecule has 1 aliphatic heterocycles. The maximum atomic E-state index is 12.9. The summed E-state index contributed by atoms with van der Waals surface area (Å²) in [6.07, 6.45) is 3.48. The minimum atomic E-state index is -0.189. The number of piperazine rings is 1. The zero-order chi connectivity index (χ0) is 21.5. The van der Waals surface area contributed by atoms with Crippen LogP contribution in [-0.4, -0.2) is 59.0 Å². The highest BCUT2D eigenvalue weighted by atomic mass is 32.2. The van der Waals surface area contributed by atoms with Crippen molar-refractivity contribution in [3.63, 3.8) is 0 Å². The van der Waals surface area contributed by atoms with Gasteiger partial charge in [0.25, 0.3) is 0 Å². The number of Topliss-reactive ketones (excluding diaryl/α,β-unsaturated/α-hetero) is 1. The summed E-state index contributed by atoms with van der Waals surface area (Å²) < 4.78 is 0. The van der Waals surface area contributed by atoms with E-state index in [1.165, 1.54) is 4.90 Å². The van der Waals surface area contributed by atoms with E-state index in [0.717, 1.165) is 11.1 Å². The van der Waals surface area contributed by atoms with E-state index >= 15 is 0 Å². The molecule has 30 heavy (non-hydrogen) atoms. The van der Waals surface area contributed by atoms with Crippen LogP contribution in [0.2, 0.25) is 0 Å². The largest absolute Gasteiger partial charge is 0.337 e. The Morgan fingerprint density at radius 3 is 2.13 bits per heavy atom. The molecule has 2 aromatic rings. The monoisotopic (exact) mass is 422 g/mol. The number of carbonyl (C=O) groups is 2. The molecule has 1 atom stereocenters. The number of benzene rings is 2. The molecule has 0 saturated carbocycles. The molecular formula is C25H30N2O2S. The average Bonchev–Trinajstić information content (AvgIpc) is 2.77. The summed E-state index contributed by atoms with van der Waals surface area (Å²) in [6.45, 7) is 8.98. The highest BCUT2D eigenvalue weighted by molar-refractivity contribution is 7.99. The van der Waals surface area contributed by atoms with E-state index in [1.807, 2.05) is 72.5 Å². The fourth-order valence-corrected chi connectivity index (χ4v) is 4.38. The van der Waals surface area contributed by atoms with Crippen molar-refractivity contribution in [3.05, 3.63) is 71.8 Å². The lowest BCUT2D eigenvalue weighted by Crippen LogP contribution is -2.52. The van der Waals surface area contributed by atoms with Crippen LogP contribution in [0.1, 0.15) is 36.7 Å². The third kappa shape index (κ3) is 6.07. The third-order valence-electron chi connectivity index (χ3n) is 5.28. The molecule has 3 rings (SSSR count). The van der Waals surface area contributed by atoms with Crippen LogP contribution in [-0.2, 0) is 4.79 Å². The summed E-state index contributed by atoms with van der Waals surface area (Å²) in [6, 6.07) is 17.5. The van der Waals surface area contributed by atoms with Crippen molar-refractivity contribution in [3.8, 4) is 0 Å². The van der Waals surface area contributed by atoms with Crippen LogP contribution in [0.25, 0.3) is 6.08 Å². The molecule has 1 unspecified atom stereocenters. The molecule has 1 amide bonds. The van der Waals surface area contributed by atoms with Crippen molar-refractivity contribution in [2.45, 2.75) is 37.0 Å². The van der Waals surface area contributed by atoms with Crippen LogP contribution >= 0.6 is 11.8 Å². The Bertz CT molecular complexity index is 870. The van der Waals surface area contributed by atoms with Gasteiger partial charge >= 0.3 is 0 Å². The number of nitrogens with zero attached hydrogens (tertiary/aromatic N) is 2. The van der Waals surface area contributed by atoms with E-state index in [1.54, 1.807) is 17.8 Å². The molecule has 0 radical (unpaired) electrons. The fourth-order valence-electron chi connectivity index (χ4n) is 3.54. The Hall–Kier alpha value is -2.37. The molecule has 1 heterocycles. The molecule has 1 aliphatic rings. The van der Waals surface area contributed by atoms with Crippen molar-refractivity contribution >= 4 is 29.5 Å². The van der Waals surface area contributed by atoms with Gasteiger partial charge in [-0.1, -0.05) is 56.3 Å². The minimum absolute atomic E-state index is 0.0238. The van der Waals surface area contributed by atoms with Crippen molar-refractivity contribution in [1.29, 1.82) is 0 Å². The van der Waals surface area contributed by atoms with Gasteiger partial charge in [0, 0.05) is 48.0 Å². The summed E-state index contributed by atoms with van der Waals surface area (Å²) in [5.41, 5.74) is 1.77. The van der Waals surface area contributed by atoms with Gasteiger partial charge in [-0.25, -0.2) is 0 Å². The van der Waals surface area contributed by atoms with E-state index in [0.29, 0.717) is 31.4 Å². The number of hydrogen-bond acceptors (Lipinski definition) is 4. The van der Waals surface area contributed by atoms with Crippen LogP contribution in [0.3, 0.4) is 0 Å². The smallest absolute Gasteiger partial charge is 0.246 e. The Morgan fingerprint density at radius 1 is 0.900 bits per heavy atom. The number of amides is 1. The van der Waals surface area contributed by atoms with Crippen LogP contribution in [0, 0.1) is 0 Å². The molecule has 0 spiro atoms. The van der Waals surface area contributed by atoms with Crippen molar-refractivity contribution in [2.24, 2.45) is 0 Å². The normalized spacial score (nSPS) is 16.2. The Morgan fingerprint density at radius 2 is 1.53 bits per heavy atom. The predicted molar refractivity (Wildman–Crippen MR) is 125 cm³/mol. The summed E-state index contributed by atoms with van der Waals surface area (Å²) in [4.78, 5) is 30.6. The highest BCUT2D eigenvalue weighted by Crippen LogP contribution is 2.23. The van der Waals surface area contributed by atoms with Crippen LogP contribution in [0.4, 0.5) is 0 Å². The molecule has 2 aromatic carbocycles. The van der Waals surface area contributed by atoms with Crippen molar-refractivity contribution < 1.29 is 9.59 Å². The first kappa shape index (κ1) is 22.3. The number of carbonyl (C=O) groups excluding carboxylic acids is 2. The predicted octanol–water partition coefficient (Wildman–Crippen LogP) is 4.62. The van der Waals surface area contributed by atoms with E-state index in [-0.39, 0.29) is 17.7 Å². The fraction of sp³-hybridized carbons (Fsp3) is 0.360. The van der Waals surface area contributed by atoms with Gasteiger partial charge in [0.15, 0.2) is 5.78 Å². The molecule has 0 aromatic heterocycles.